The molecule has 1 amide bonds. The Balaban J connectivity index is 1.46. The Morgan fingerprint density at radius 1 is 1.17 bits per heavy atom. The minimum Gasteiger partial charge on any atom is -0.326 e. The first-order valence-electron chi connectivity index (χ1n) is 7.98. The van der Waals surface area contributed by atoms with Gasteiger partial charge in [0.1, 0.15) is 0 Å². The van der Waals surface area contributed by atoms with Crippen LogP contribution in [-0.2, 0) is 4.79 Å². The molecule has 0 radical (unpaired) electrons. The monoisotopic (exact) mass is 356 g/mol. The first-order valence-corrected chi connectivity index (χ1v) is 9.78. The van der Waals surface area contributed by atoms with Crippen molar-refractivity contribution in [2.75, 3.05) is 11.1 Å². The second-order valence-corrected chi connectivity index (χ2v) is 8.07. The second kappa shape index (κ2) is 7.81. The Hall–Kier alpha value is -1.85. The topological polar surface area (TPSA) is 42.0 Å². The molecule has 0 atom stereocenters. The summed E-state index contributed by atoms with van der Waals surface area (Å²) in [6.07, 6.45) is 1.38. The number of anilines is 1. The molecule has 1 aromatic heterocycles. The minimum absolute atomic E-state index is 0.0774. The quantitative estimate of drug-likeness (QED) is 0.473. The number of para-hydroxylation sites is 1. The van der Waals surface area contributed by atoms with E-state index in [0.29, 0.717) is 6.42 Å². The third-order valence-electron chi connectivity index (χ3n) is 3.93. The van der Waals surface area contributed by atoms with Gasteiger partial charge in [-0.15, -0.1) is 11.3 Å². The van der Waals surface area contributed by atoms with Gasteiger partial charge in [0.2, 0.25) is 5.91 Å². The van der Waals surface area contributed by atoms with Gasteiger partial charge in [-0.1, -0.05) is 36.0 Å². The molecule has 3 rings (SSSR count). The Morgan fingerprint density at radius 2 is 2.00 bits per heavy atom. The van der Waals surface area contributed by atoms with Gasteiger partial charge in [0.05, 0.1) is 10.2 Å². The zero-order valence-corrected chi connectivity index (χ0v) is 15.5. The van der Waals surface area contributed by atoms with E-state index in [1.165, 1.54) is 10.3 Å². The van der Waals surface area contributed by atoms with Crippen LogP contribution in [-0.4, -0.2) is 16.6 Å². The van der Waals surface area contributed by atoms with Crippen LogP contribution in [0.15, 0.2) is 46.8 Å². The molecule has 0 aliphatic rings. The summed E-state index contributed by atoms with van der Waals surface area (Å²) < 4.78 is 2.29. The lowest BCUT2D eigenvalue weighted by atomic mass is 10.1. The fourth-order valence-corrected chi connectivity index (χ4v) is 4.48. The van der Waals surface area contributed by atoms with E-state index in [0.717, 1.165) is 33.3 Å². The van der Waals surface area contributed by atoms with E-state index in [1.807, 2.05) is 37.3 Å². The van der Waals surface area contributed by atoms with Gasteiger partial charge < -0.3 is 5.32 Å². The van der Waals surface area contributed by atoms with Crippen LogP contribution < -0.4 is 5.32 Å². The van der Waals surface area contributed by atoms with Crippen LogP contribution >= 0.6 is 23.1 Å². The summed E-state index contributed by atoms with van der Waals surface area (Å²) in [5.41, 5.74) is 4.30. The van der Waals surface area contributed by atoms with Gasteiger partial charge in [-0.3, -0.25) is 4.79 Å². The van der Waals surface area contributed by atoms with Gasteiger partial charge >= 0.3 is 0 Å². The number of carbonyl (C=O) groups is 1. The number of carbonyl (C=O) groups excluding carboxylic acids is 1. The van der Waals surface area contributed by atoms with Gasteiger partial charge in [-0.25, -0.2) is 4.98 Å². The van der Waals surface area contributed by atoms with Crippen molar-refractivity contribution in [3.05, 3.63) is 53.6 Å². The van der Waals surface area contributed by atoms with Crippen molar-refractivity contribution in [2.45, 2.75) is 31.0 Å². The number of nitrogens with zero attached hydrogens (tertiary/aromatic N) is 1. The van der Waals surface area contributed by atoms with Crippen molar-refractivity contribution in [3.8, 4) is 0 Å². The molecule has 3 aromatic rings. The number of thioether (sulfide) groups is 1. The average Bonchev–Trinajstić information content (AvgIpc) is 2.99. The maximum absolute atomic E-state index is 12.1. The molecule has 124 valence electrons. The number of rotatable bonds is 6. The number of fused-ring (bicyclic) bond motifs is 1. The van der Waals surface area contributed by atoms with Gasteiger partial charge in [-0.05, 0) is 49.6 Å². The lowest BCUT2D eigenvalue weighted by Gasteiger charge is -2.10. The van der Waals surface area contributed by atoms with Crippen LogP contribution in [0.1, 0.15) is 24.0 Å². The normalized spacial score (nSPS) is 10.9. The highest BCUT2D eigenvalue weighted by molar-refractivity contribution is 8.01. The Morgan fingerprint density at radius 3 is 2.83 bits per heavy atom. The highest BCUT2D eigenvalue weighted by Gasteiger charge is 2.07. The van der Waals surface area contributed by atoms with Gasteiger partial charge in [-0.2, -0.15) is 0 Å². The summed E-state index contributed by atoms with van der Waals surface area (Å²) in [4.78, 5) is 16.7. The molecule has 24 heavy (non-hydrogen) atoms. The van der Waals surface area contributed by atoms with Crippen molar-refractivity contribution >= 4 is 44.9 Å². The van der Waals surface area contributed by atoms with Crippen LogP contribution in [0.25, 0.3) is 10.2 Å². The Bertz CT molecular complexity index is 824. The molecule has 1 heterocycles. The molecule has 3 nitrogen and oxygen atoms in total. The van der Waals surface area contributed by atoms with E-state index in [1.54, 1.807) is 23.1 Å². The molecule has 0 saturated heterocycles. The Kier molecular flexibility index (Phi) is 5.53. The number of hydrogen-bond donors (Lipinski definition) is 1. The smallest absolute Gasteiger partial charge is 0.224 e. The predicted molar refractivity (Wildman–Crippen MR) is 104 cm³/mol. The van der Waals surface area contributed by atoms with Crippen LogP contribution in [0, 0.1) is 13.8 Å². The van der Waals surface area contributed by atoms with E-state index in [2.05, 4.69) is 29.4 Å². The van der Waals surface area contributed by atoms with E-state index >= 15 is 0 Å². The molecule has 0 saturated carbocycles. The zero-order valence-electron chi connectivity index (χ0n) is 13.8. The van der Waals surface area contributed by atoms with E-state index in [-0.39, 0.29) is 5.91 Å². The second-order valence-electron chi connectivity index (χ2n) is 5.70. The van der Waals surface area contributed by atoms with Crippen LogP contribution in [0.4, 0.5) is 5.69 Å². The number of aromatic nitrogens is 1. The molecular weight excluding hydrogens is 336 g/mol. The van der Waals surface area contributed by atoms with Crippen molar-refractivity contribution in [2.24, 2.45) is 0 Å². The van der Waals surface area contributed by atoms with Gasteiger partial charge in [0.15, 0.2) is 4.34 Å². The summed E-state index contributed by atoms with van der Waals surface area (Å²) in [5, 5.41) is 3.01. The Labute approximate surface area is 150 Å². The third kappa shape index (κ3) is 4.16. The highest BCUT2D eigenvalue weighted by Crippen LogP contribution is 2.29. The first kappa shape index (κ1) is 17.0. The molecule has 2 aromatic carbocycles. The van der Waals surface area contributed by atoms with Crippen molar-refractivity contribution in [1.82, 2.24) is 4.98 Å². The number of hydrogen-bond acceptors (Lipinski definition) is 4. The molecule has 0 aliphatic carbocycles. The van der Waals surface area contributed by atoms with Crippen LogP contribution in [0.3, 0.4) is 0 Å². The third-order valence-corrected chi connectivity index (χ3v) is 6.19. The standard InChI is InChI=1S/C19H20N2OS2/c1-13-7-5-9-15(14(13)2)20-18(22)11-6-12-23-19-21-16-8-3-4-10-17(16)24-19/h3-5,7-10H,6,11-12H2,1-2H3,(H,20,22). The molecule has 0 spiro atoms. The van der Waals surface area contributed by atoms with Gasteiger partial charge in [0, 0.05) is 17.9 Å². The van der Waals surface area contributed by atoms with Crippen LogP contribution in [0.2, 0.25) is 0 Å². The fraction of sp³-hybridized carbons (Fsp3) is 0.263. The highest BCUT2D eigenvalue weighted by atomic mass is 32.2. The largest absolute Gasteiger partial charge is 0.326 e. The fourth-order valence-electron chi connectivity index (χ4n) is 2.40. The molecule has 5 heteroatoms. The summed E-state index contributed by atoms with van der Waals surface area (Å²) in [6, 6.07) is 14.2. The number of aryl methyl sites for hydroxylation is 1. The SMILES string of the molecule is Cc1cccc(NC(=O)CCCSc2nc3ccccc3s2)c1C. The van der Waals surface area contributed by atoms with Crippen molar-refractivity contribution in [3.63, 3.8) is 0 Å². The van der Waals surface area contributed by atoms with E-state index in [4.69, 9.17) is 0 Å². The lowest BCUT2D eigenvalue weighted by Crippen LogP contribution is -2.12. The van der Waals surface area contributed by atoms with E-state index in [9.17, 15) is 4.79 Å². The number of nitrogens with one attached hydrogen (secondary N) is 1. The molecule has 0 fully saturated rings. The molecule has 0 unspecified atom stereocenters. The average molecular weight is 357 g/mol. The number of amides is 1. The summed E-state index contributed by atoms with van der Waals surface area (Å²) in [5.74, 6) is 0.980. The lowest BCUT2D eigenvalue weighted by molar-refractivity contribution is -0.116. The predicted octanol–water partition coefficient (Wildman–Crippen LogP) is 5.42. The molecule has 0 bridgehead atoms. The summed E-state index contributed by atoms with van der Waals surface area (Å²) in [7, 11) is 0. The molecular formula is C19H20N2OS2. The zero-order chi connectivity index (χ0) is 16.9. The maximum Gasteiger partial charge on any atom is 0.224 e. The molecule has 1 N–H and O–H groups in total. The first-order chi connectivity index (χ1) is 11.6. The van der Waals surface area contributed by atoms with Crippen LogP contribution in [0.5, 0.6) is 0 Å². The maximum atomic E-state index is 12.1. The number of benzene rings is 2. The minimum atomic E-state index is 0.0774. The van der Waals surface area contributed by atoms with E-state index < -0.39 is 0 Å². The van der Waals surface area contributed by atoms with Gasteiger partial charge in [0.25, 0.3) is 0 Å². The number of thiazole rings is 1. The summed E-state index contributed by atoms with van der Waals surface area (Å²) >= 11 is 3.44. The van der Waals surface area contributed by atoms with Crippen molar-refractivity contribution in [1.29, 1.82) is 0 Å². The summed E-state index contributed by atoms with van der Waals surface area (Å²) in [6.45, 7) is 4.09. The molecule has 0 aliphatic heterocycles. The van der Waals surface area contributed by atoms with Crippen molar-refractivity contribution < 1.29 is 4.79 Å².